The number of halogens is 2. The number of rotatable bonds is 5. The number of hydrogen-bond donors (Lipinski definition) is 2. The molecule has 0 saturated carbocycles. The van der Waals surface area contributed by atoms with E-state index in [1.54, 1.807) is 0 Å². The second-order valence-corrected chi connectivity index (χ2v) is 4.33. The van der Waals surface area contributed by atoms with Crippen LogP contribution in [0.3, 0.4) is 0 Å². The van der Waals surface area contributed by atoms with Crippen LogP contribution in [-0.2, 0) is 4.79 Å². The molecule has 1 rings (SSSR count). The topological polar surface area (TPSA) is 63.3 Å². The van der Waals surface area contributed by atoms with Gasteiger partial charge in [-0.25, -0.2) is 8.78 Å². The Labute approximate surface area is 95.6 Å². The van der Waals surface area contributed by atoms with Gasteiger partial charge in [0.25, 0.3) is 0 Å². The molecule has 0 aromatic heterocycles. The van der Waals surface area contributed by atoms with Crippen LogP contribution < -0.4 is 5.73 Å². The Morgan fingerprint density at radius 1 is 1.44 bits per heavy atom. The molecule has 6 heteroatoms. The van der Waals surface area contributed by atoms with E-state index < -0.39 is 23.6 Å². The number of aliphatic carboxylic acids is 1. The lowest BCUT2D eigenvalue weighted by molar-refractivity contribution is -0.138. The van der Waals surface area contributed by atoms with Crippen molar-refractivity contribution in [2.24, 2.45) is 5.73 Å². The van der Waals surface area contributed by atoms with Gasteiger partial charge in [0.2, 0.25) is 0 Å². The molecule has 0 aliphatic carbocycles. The SMILES string of the molecule is NC(CCSc1ccc(F)c(F)c1)C(=O)O. The van der Waals surface area contributed by atoms with Crippen LogP contribution in [0.5, 0.6) is 0 Å². The first-order chi connectivity index (χ1) is 7.50. The first-order valence-corrected chi connectivity index (χ1v) is 5.55. The third kappa shape index (κ3) is 3.79. The van der Waals surface area contributed by atoms with Crippen LogP contribution in [-0.4, -0.2) is 22.9 Å². The lowest BCUT2D eigenvalue weighted by atomic mass is 10.2. The van der Waals surface area contributed by atoms with Gasteiger partial charge in [-0.3, -0.25) is 4.79 Å². The van der Waals surface area contributed by atoms with Gasteiger partial charge in [-0.05, 0) is 24.6 Å². The average Bonchev–Trinajstić information content (AvgIpc) is 2.23. The summed E-state index contributed by atoms with van der Waals surface area (Å²) in [5.74, 6) is -2.43. The summed E-state index contributed by atoms with van der Waals surface area (Å²) in [6, 6.07) is 2.63. The van der Waals surface area contributed by atoms with Gasteiger partial charge in [0.1, 0.15) is 6.04 Å². The Morgan fingerprint density at radius 2 is 2.12 bits per heavy atom. The molecule has 0 aliphatic heterocycles. The highest BCUT2D eigenvalue weighted by Gasteiger charge is 2.11. The maximum atomic E-state index is 12.8. The van der Waals surface area contributed by atoms with E-state index in [4.69, 9.17) is 10.8 Å². The molecule has 1 atom stereocenters. The Morgan fingerprint density at radius 3 is 2.69 bits per heavy atom. The number of hydrogen-bond acceptors (Lipinski definition) is 3. The van der Waals surface area contributed by atoms with E-state index in [1.807, 2.05) is 0 Å². The number of benzene rings is 1. The minimum atomic E-state index is -1.06. The van der Waals surface area contributed by atoms with Gasteiger partial charge < -0.3 is 10.8 Å². The van der Waals surface area contributed by atoms with E-state index in [0.717, 1.165) is 12.1 Å². The van der Waals surface area contributed by atoms with E-state index in [-0.39, 0.29) is 6.42 Å². The number of carboxylic acid groups (broad SMARTS) is 1. The van der Waals surface area contributed by atoms with Crippen molar-refractivity contribution < 1.29 is 18.7 Å². The summed E-state index contributed by atoms with van der Waals surface area (Å²) in [6.07, 6.45) is 0.277. The van der Waals surface area contributed by atoms with Crippen LogP contribution in [0.4, 0.5) is 8.78 Å². The summed E-state index contributed by atoms with van der Waals surface area (Å²) in [6.45, 7) is 0. The molecule has 0 heterocycles. The van der Waals surface area contributed by atoms with Crippen LogP contribution in [0.1, 0.15) is 6.42 Å². The van der Waals surface area contributed by atoms with Gasteiger partial charge in [0, 0.05) is 10.6 Å². The molecule has 3 nitrogen and oxygen atoms in total. The largest absolute Gasteiger partial charge is 0.480 e. The summed E-state index contributed by atoms with van der Waals surface area (Å²) in [5, 5.41) is 8.52. The highest BCUT2D eigenvalue weighted by atomic mass is 32.2. The van der Waals surface area contributed by atoms with Gasteiger partial charge in [0.05, 0.1) is 0 Å². The first-order valence-electron chi connectivity index (χ1n) is 4.57. The van der Waals surface area contributed by atoms with E-state index in [9.17, 15) is 13.6 Å². The fraction of sp³-hybridized carbons (Fsp3) is 0.300. The molecule has 1 aromatic carbocycles. The number of thioether (sulfide) groups is 1. The van der Waals surface area contributed by atoms with Crippen molar-refractivity contribution in [1.29, 1.82) is 0 Å². The first kappa shape index (κ1) is 12.9. The van der Waals surface area contributed by atoms with Gasteiger partial charge >= 0.3 is 5.97 Å². The molecule has 0 aliphatic rings. The zero-order valence-electron chi connectivity index (χ0n) is 8.32. The Balaban J connectivity index is 2.43. The smallest absolute Gasteiger partial charge is 0.320 e. The monoisotopic (exact) mass is 247 g/mol. The third-order valence-corrected chi connectivity index (χ3v) is 2.93. The highest BCUT2D eigenvalue weighted by Crippen LogP contribution is 2.21. The Hall–Kier alpha value is -1.14. The second-order valence-electron chi connectivity index (χ2n) is 3.16. The fourth-order valence-corrected chi connectivity index (χ4v) is 1.95. The van der Waals surface area contributed by atoms with Gasteiger partial charge in [0.15, 0.2) is 11.6 Å². The normalized spacial score (nSPS) is 12.4. The highest BCUT2D eigenvalue weighted by molar-refractivity contribution is 7.99. The standard InChI is InChI=1S/C10H11F2NO2S/c11-7-2-1-6(5-8(7)12)16-4-3-9(13)10(14)15/h1-2,5,9H,3-4,13H2,(H,14,15). The summed E-state index contributed by atoms with van der Waals surface area (Å²) in [7, 11) is 0. The van der Waals surface area contributed by atoms with Crippen LogP contribution >= 0.6 is 11.8 Å². The number of nitrogens with two attached hydrogens (primary N) is 1. The average molecular weight is 247 g/mol. The van der Waals surface area contributed by atoms with Gasteiger partial charge in [-0.15, -0.1) is 11.8 Å². The van der Waals surface area contributed by atoms with Crippen LogP contribution in [0.15, 0.2) is 23.1 Å². The Kier molecular flexibility index (Phi) is 4.70. The van der Waals surface area contributed by atoms with Crippen LogP contribution in [0.25, 0.3) is 0 Å². The molecule has 0 fully saturated rings. The Bertz CT molecular complexity index is 387. The third-order valence-electron chi connectivity index (χ3n) is 1.91. The number of carbonyl (C=O) groups is 1. The molecule has 0 amide bonds. The summed E-state index contributed by atoms with van der Waals surface area (Å²) in [5.41, 5.74) is 5.29. The van der Waals surface area contributed by atoms with Crippen molar-refractivity contribution in [3.8, 4) is 0 Å². The minimum absolute atomic E-state index is 0.277. The van der Waals surface area contributed by atoms with E-state index in [2.05, 4.69) is 0 Å². The van der Waals surface area contributed by atoms with Crippen molar-refractivity contribution in [2.45, 2.75) is 17.4 Å². The molecule has 16 heavy (non-hydrogen) atoms. The van der Waals surface area contributed by atoms with Crippen molar-refractivity contribution in [3.05, 3.63) is 29.8 Å². The molecule has 3 N–H and O–H groups in total. The summed E-state index contributed by atoms with van der Waals surface area (Å²) < 4.78 is 25.4. The van der Waals surface area contributed by atoms with Crippen molar-refractivity contribution in [3.63, 3.8) is 0 Å². The van der Waals surface area contributed by atoms with Crippen molar-refractivity contribution in [1.82, 2.24) is 0 Å². The van der Waals surface area contributed by atoms with E-state index in [1.165, 1.54) is 17.8 Å². The van der Waals surface area contributed by atoms with Crippen LogP contribution in [0.2, 0.25) is 0 Å². The molecular weight excluding hydrogens is 236 g/mol. The predicted molar refractivity (Wildman–Crippen MR) is 57.3 cm³/mol. The quantitative estimate of drug-likeness (QED) is 0.779. The van der Waals surface area contributed by atoms with Crippen LogP contribution in [0, 0.1) is 11.6 Å². The molecule has 0 spiro atoms. The molecule has 1 aromatic rings. The molecule has 1 unspecified atom stereocenters. The van der Waals surface area contributed by atoms with Crippen molar-refractivity contribution in [2.75, 3.05) is 5.75 Å². The minimum Gasteiger partial charge on any atom is -0.480 e. The maximum Gasteiger partial charge on any atom is 0.320 e. The maximum absolute atomic E-state index is 12.8. The molecule has 0 saturated heterocycles. The number of carboxylic acids is 1. The molecular formula is C10H11F2NO2S. The summed E-state index contributed by atoms with van der Waals surface area (Å²) >= 11 is 1.24. The van der Waals surface area contributed by atoms with Crippen molar-refractivity contribution >= 4 is 17.7 Å². The lowest BCUT2D eigenvalue weighted by Gasteiger charge is -2.05. The van der Waals surface area contributed by atoms with E-state index in [0.29, 0.717) is 10.6 Å². The lowest BCUT2D eigenvalue weighted by Crippen LogP contribution is -2.30. The zero-order valence-corrected chi connectivity index (χ0v) is 9.14. The zero-order chi connectivity index (χ0) is 12.1. The molecule has 0 radical (unpaired) electrons. The van der Waals surface area contributed by atoms with E-state index >= 15 is 0 Å². The molecule has 0 bridgehead atoms. The summed E-state index contributed by atoms with van der Waals surface area (Å²) in [4.78, 5) is 10.9. The second kappa shape index (κ2) is 5.81. The van der Waals surface area contributed by atoms with Gasteiger partial charge in [-0.2, -0.15) is 0 Å². The fourth-order valence-electron chi connectivity index (χ4n) is 0.994. The van der Waals surface area contributed by atoms with Gasteiger partial charge in [-0.1, -0.05) is 0 Å². The predicted octanol–water partition coefficient (Wildman–Crippen LogP) is 1.86. The molecule has 88 valence electrons.